The summed E-state index contributed by atoms with van der Waals surface area (Å²) in [5.74, 6) is 0. The maximum absolute atomic E-state index is 10.9. The molecule has 1 aromatic carbocycles. The van der Waals surface area contributed by atoms with Crippen LogP contribution in [-0.4, -0.2) is 26.3 Å². The number of hydrogen-bond acceptors (Lipinski definition) is 4. The summed E-state index contributed by atoms with van der Waals surface area (Å²) in [6, 6.07) is 7.73. The number of nitrogens with one attached hydrogen (secondary N) is 1. The zero-order chi connectivity index (χ0) is 12.5. The molecule has 0 bridgehead atoms. The Hall–Kier alpha value is -0.950. The molecule has 0 saturated heterocycles. The van der Waals surface area contributed by atoms with E-state index in [2.05, 4.69) is 4.72 Å². The molecule has 92 valence electrons. The number of aliphatic hydroxyl groups is 1. The Morgan fingerprint density at radius 3 is 2.82 bits per heavy atom. The molecule has 0 spiro atoms. The highest BCUT2D eigenvalue weighted by Crippen LogP contribution is 2.29. The molecular formula is C11H13NO3S2. The lowest BCUT2D eigenvalue weighted by Gasteiger charge is -2.10. The van der Waals surface area contributed by atoms with Gasteiger partial charge in [-0.3, -0.25) is 0 Å². The summed E-state index contributed by atoms with van der Waals surface area (Å²) in [4.78, 5) is 0. The molecule has 1 atom stereocenters. The van der Waals surface area contributed by atoms with Gasteiger partial charge in [0, 0.05) is 16.8 Å². The van der Waals surface area contributed by atoms with Crippen LogP contribution >= 0.6 is 11.3 Å². The van der Waals surface area contributed by atoms with Crippen molar-refractivity contribution in [3.8, 4) is 0 Å². The molecule has 0 aliphatic carbocycles. The topological polar surface area (TPSA) is 66.4 Å². The average molecular weight is 271 g/mol. The van der Waals surface area contributed by atoms with Crippen LogP contribution in [0.1, 0.15) is 11.7 Å². The highest BCUT2D eigenvalue weighted by atomic mass is 32.2. The number of aliphatic hydroxyl groups excluding tert-OH is 1. The Morgan fingerprint density at radius 2 is 2.12 bits per heavy atom. The fourth-order valence-corrected chi connectivity index (χ4v) is 3.07. The normalized spacial score (nSPS) is 14.0. The van der Waals surface area contributed by atoms with Crippen molar-refractivity contribution in [3.63, 3.8) is 0 Å². The summed E-state index contributed by atoms with van der Waals surface area (Å²) < 4.78 is 25.3. The predicted octanol–water partition coefficient (Wildman–Crippen LogP) is 1.48. The molecule has 2 rings (SSSR count). The van der Waals surface area contributed by atoms with Gasteiger partial charge in [0.2, 0.25) is 10.0 Å². The lowest BCUT2D eigenvalue weighted by molar-refractivity contribution is 0.184. The van der Waals surface area contributed by atoms with E-state index in [4.69, 9.17) is 0 Å². The molecular weight excluding hydrogens is 258 g/mol. The first-order chi connectivity index (χ1) is 7.97. The molecule has 1 heterocycles. The van der Waals surface area contributed by atoms with E-state index < -0.39 is 16.1 Å². The number of sulfonamides is 1. The first-order valence-electron chi connectivity index (χ1n) is 5.06. The van der Waals surface area contributed by atoms with Crippen LogP contribution in [0.5, 0.6) is 0 Å². The Kier molecular flexibility index (Phi) is 3.48. The third-order valence-electron chi connectivity index (χ3n) is 2.41. The van der Waals surface area contributed by atoms with Crippen molar-refractivity contribution < 1.29 is 13.5 Å². The number of benzene rings is 1. The molecule has 0 aliphatic heterocycles. The molecule has 0 aliphatic rings. The summed E-state index contributed by atoms with van der Waals surface area (Å²) >= 11 is 1.54. The quantitative estimate of drug-likeness (QED) is 0.885. The van der Waals surface area contributed by atoms with Gasteiger partial charge >= 0.3 is 0 Å². The van der Waals surface area contributed by atoms with E-state index in [0.717, 1.165) is 21.9 Å². The number of hydrogen-bond donors (Lipinski definition) is 2. The molecule has 0 fully saturated rings. The first-order valence-corrected chi connectivity index (χ1v) is 7.83. The van der Waals surface area contributed by atoms with Gasteiger partial charge in [-0.25, -0.2) is 13.1 Å². The minimum atomic E-state index is -3.27. The van der Waals surface area contributed by atoms with Crippen LogP contribution < -0.4 is 4.72 Å². The monoisotopic (exact) mass is 271 g/mol. The third-order valence-corrected chi connectivity index (χ3v) is 4.08. The lowest BCUT2D eigenvalue weighted by atomic mass is 10.1. The summed E-state index contributed by atoms with van der Waals surface area (Å²) in [5.41, 5.74) is 0.766. The van der Waals surface area contributed by atoms with Gasteiger partial charge < -0.3 is 5.11 Å². The van der Waals surface area contributed by atoms with Crippen molar-refractivity contribution in [2.75, 3.05) is 12.8 Å². The fraction of sp³-hybridized carbons (Fsp3) is 0.273. The van der Waals surface area contributed by atoms with Crippen LogP contribution in [0.2, 0.25) is 0 Å². The number of fused-ring (bicyclic) bond motifs is 1. The second-order valence-electron chi connectivity index (χ2n) is 3.82. The highest BCUT2D eigenvalue weighted by molar-refractivity contribution is 7.88. The summed E-state index contributed by atoms with van der Waals surface area (Å²) in [6.45, 7) is -0.000436. The van der Waals surface area contributed by atoms with Gasteiger partial charge in [-0.2, -0.15) is 0 Å². The van der Waals surface area contributed by atoms with E-state index in [1.807, 2.05) is 29.6 Å². The van der Waals surface area contributed by atoms with Crippen molar-refractivity contribution >= 4 is 31.4 Å². The second-order valence-corrected chi connectivity index (χ2v) is 6.57. The van der Waals surface area contributed by atoms with Crippen molar-refractivity contribution in [1.82, 2.24) is 4.72 Å². The smallest absolute Gasteiger partial charge is 0.208 e. The van der Waals surface area contributed by atoms with Crippen LogP contribution in [-0.2, 0) is 10.0 Å². The van der Waals surface area contributed by atoms with E-state index in [-0.39, 0.29) is 6.54 Å². The maximum Gasteiger partial charge on any atom is 0.208 e. The number of thiophene rings is 1. The zero-order valence-corrected chi connectivity index (χ0v) is 10.9. The van der Waals surface area contributed by atoms with Crippen LogP contribution in [0.25, 0.3) is 10.1 Å². The molecule has 6 heteroatoms. The van der Waals surface area contributed by atoms with Crippen molar-refractivity contribution in [1.29, 1.82) is 0 Å². The number of rotatable bonds is 4. The molecule has 2 N–H and O–H groups in total. The van der Waals surface area contributed by atoms with Gasteiger partial charge in [-0.05, 0) is 16.8 Å². The van der Waals surface area contributed by atoms with Gasteiger partial charge in [0.05, 0.1) is 12.4 Å². The molecule has 0 radical (unpaired) electrons. The average Bonchev–Trinajstić information content (AvgIpc) is 2.68. The summed E-state index contributed by atoms with van der Waals surface area (Å²) in [7, 11) is -3.27. The molecule has 17 heavy (non-hydrogen) atoms. The minimum Gasteiger partial charge on any atom is -0.387 e. The Morgan fingerprint density at radius 1 is 1.41 bits per heavy atom. The fourth-order valence-electron chi connectivity index (χ4n) is 1.60. The van der Waals surface area contributed by atoms with Crippen LogP contribution in [0.4, 0.5) is 0 Å². The van der Waals surface area contributed by atoms with Gasteiger partial charge in [0.1, 0.15) is 0 Å². The van der Waals surface area contributed by atoms with Crippen molar-refractivity contribution in [2.45, 2.75) is 6.10 Å². The molecule has 2 aromatic rings. The third kappa shape index (κ3) is 3.04. The Balaban J connectivity index is 2.22. The second kappa shape index (κ2) is 4.73. The predicted molar refractivity (Wildman–Crippen MR) is 69.6 cm³/mol. The summed E-state index contributed by atoms with van der Waals surface area (Å²) in [5, 5.41) is 12.8. The van der Waals surface area contributed by atoms with Crippen LogP contribution in [0.15, 0.2) is 29.6 Å². The molecule has 0 amide bonds. The highest BCUT2D eigenvalue weighted by Gasteiger charge is 2.14. The molecule has 1 aromatic heterocycles. The maximum atomic E-state index is 10.9. The van der Waals surface area contributed by atoms with Crippen molar-refractivity contribution in [2.24, 2.45) is 0 Å². The largest absolute Gasteiger partial charge is 0.387 e. The van der Waals surface area contributed by atoms with Gasteiger partial charge in [0.25, 0.3) is 0 Å². The molecule has 0 unspecified atom stereocenters. The standard InChI is InChI=1S/C11H13NO3S2/c1-17(14,15)12-6-10(13)9-7-16-11-5-3-2-4-8(9)11/h2-5,7,10,12-13H,6H2,1H3/t10-/m0/s1. The van der Waals surface area contributed by atoms with E-state index in [0.29, 0.717) is 0 Å². The summed E-state index contributed by atoms with van der Waals surface area (Å²) in [6.07, 6.45) is 0.256. The first kappa shape index (κ1) is 12.5. The molecule has 4 nitrogen and oxygen atoms in total. The Bertz CT molecular complexity index is 618. The van der Waals surface area contributed by atoms with E-state index in [1.54, 1.807) is 0 Å². The van der Waals surface area contributed by atoms with Crippen LogP contribution in [0, 0.1) is 0 Å². The van der Waals surface area contributed by atoms with Gasteiger partial charge in [0.15, 0.2) is 0 Å². The van der Waals surface area contributed by atoms with E-state index >= 15 is 0 Å². The van der Waals surface area contributed by atoms with E-state index in [1.165, 1.54) is 11.3 Å². The lowest BCUT2D eigenvalue weighted by Crippen LogP contribution is -2.27. The minimum absolute atomic E-state index is 0.000436. The van der Waals surface area contributed by atoms with Gasteiger partial charge in [-0.15, -0.1) is 11.3 Å². The Labute approximate surface area is 104 Å². The van der Waals surface area contributed by atoms with Crippen molar-refractivity contribution in [3.05, 3.63) is 35.2 Å². The molecule has 0 saturated carbocycles. The zero-order valence-electron chi connectivity index (χ0n) is 9.25. The SMILES string of the molecule is CS(=O)(=O)NC[C@H](O)c1csc2ccccc12. The van der Waals surface area contributed by atoms with Gasteiger partial charge in [-0.1, -0.05) is 18.2 Å². The van der Waals surface area contributed by atoms with Crippen LogP contribution in [0.3, 0.4) is 0 Å². The van der Waals surface area contributed by atoms with E-state index in [9.17, 15) is 13.5 Å².